The average molecular weight is 313 g/mol. The molecule has 0 bridgehead atoms. The summed E-state index contributed by atoms with van der Waals surface area (Å²) in [7, 11) is 0. The van der Waals surface area contributed by atoms with Gasteiger partial charge in [-0.15, -0.1) is 0 Å². The van der Waals surface area contributed by atoms with Gasteiger partial charge in [-0.3, -0.25) is 14.9 Å². The van der Waals surface area contributed by atoms with E-state index < -0.39 is 22.3 Å². The van der Waals surface area contributed by atoms with Gasteiger partial charge in [-0.25, -0.2) is 4.39 Å². The average Bonchev–Trinajstić information content (AvgIpc) is 2.48. The second-order valence-electron chi connectivity index (χ2n) is 4.85. The maximum atomic E-state index is 13.3. The Morgan fingerprint density at radius 3 is 2.90 bits per heavy atom. The number of hydrogen-bond donors (Lipinski definition) is 2. The Hall–Kier alpha value is -1.83. The Morgan fingerprint density at radius 2 is 2.29 bits per heavy atom. The van der Waals surface area contributed by atoms with Gasteiger partial charge < -0.3 is 11.1 Å². The Bertz CT molecular complexity index is 562. The highest BCUT2D eigenvalue weighted by molar-refractivity contribution is 7.99. The minimum absolute atomic E-state index is 0.209. The Kier molecular flexibility index (Phi) is 5.00. The van der Waals surface area contributed by atoms with E-state index in [4.69, 9.17) is 5.73 Å². The summed E-state index contributed by atoms with van der Waals surface area (Å²) in [6, 6.07) is 1.69. The predicted molar refractivity (Wildman–Crippen MR) is 79.9 cm³/mol. The van der Waals surface area contributed by atoms with Crippen molar-refractivity contribution in [3.05, 3.63) is 33.6 Å². The Morgan fingerprint density at radius 1 is 1.52 bits per heavy atom. The zero-order chi connectivity index (χ0) is 15.4. The highest BCUT2D eigenvalue weighted by Gasteiger charge is 2.24. The smallest absolute Gasteiger partial charge is 0.285 e. The third kappa shape index (κ3) is 3.84. The maximum absolute atomic E-state index is 13.3. The molecule has 2 rings (SSSR count). The van der Waals surface area contributed by atoms with Gasteiger partial charge >= 0.3 is 0 Å². The Labute approximate surface area is 125 Å². The molecular formula is C13H16FN3O3S. The van der Waals surface area contributed by atoms with Gasteiger partial charge in [-0.2, -0.15) is 11.8 Å². The number of nitrogens with one attached hydrogen (secondary N) is 1. The number of hydrogen-bond acceptors (Lipinski definition) is 5. The summed E-state index contributed by atoms with van der Waals surface area (Å²) in [5, 5.41) is 13.9. The summed E-state index contributed by atoms with van der Waals surface area (Å²) in [6.45, 7) is 0.442. The van der Waals surface area contributed by atoms with Crippen molar-refractivity contribution in [2.24, 2.45) is 0 Å². The summed E-state index contributed by atoms with van der Waals surface area (Å²) >= 11 is 1.78. The molecular weight excluding hydrogens is 297 g/mol. The quantitative estimate of drug-likeness (QED) is 0.505. The molecule has 0 spiro atoms. The van der Waals surface area contributed by atoms with E-state index >= 15 is 0 Å². The van der Waals surface area contributed by atoms with Gasteiger partial charge in [0.15, 0.2) is 5.82 Å². The van der Waals surface area contributed by atoms with Crippen molar-refractivity contribution in [3.63, 3.8) is 0 Å². The second-order valence-corrected chi connectivity index (χ2v) is 6.25. The molecule has 21 heavy (non-hydrogen) atoms. The van der Waals surface area contributed by atoms with Crippen LogP contribution in [0.5, 0.6) is 0 Å². The van der Waals surface area contributed by atoms with Crippen molar-refractivity contribution in [2.75, 3.05) is 18.0 Å². The lowest BCUT2D eigenvalue weighted by Gasteiger charge is -2.21. The normalized spacial score (nSPS) is 18.2. The van der Waals surface area contributed by atoms with Gasteiger partial charge in [-0.1, -0.05) is 6.42 Å². The number of nitrogens with two attached hydrogens (primary N) is 1. The molecule has 1 aliphatic rings. The summed E-state index contributed by atoms with van der Waals surface area (Å²) in [4.78, 5) is 22.2. The van der Waals surface area contributed by atoms with E-state index in [0.717, 1.165) is 24.7 Å². The van der Waals surface area contributed by atoms with E-state index in [9.17, 15) is 19.3 Å². The summed E-state index contributed by atoms with van der Waals surface area (Å²) < 4.78 is 13.3. The number of carbonyl (C=O) groups is 1. The van der Waals surface area contributed by atoms with E-state index in [-0.39, 0.29) is 11.3 Å². The number of carbonyl (C=O) groups excluding carboxylic acids is 1. The zero-order valence-corrected chi connectivity index (χ0v) is 12.1. The third-order valence-electron chi connectivity index (χ3n) is 3.32. The van der Waals surface area contributed by atoms with Crippen LogP contribution in [-0.2, 0) is 0 Å². The van der Waals surface area contributed by atoms with Crippen molar-refractivity contribution in [1.29, 1.82) is 0 Å². The molecule has 1 unspecified atom stereocenters. The SMILES string of the molecule is Nc1cc(C(=O)NCC2CCCCS2)c([N+](=O)[O-])cc1F. The van der Waals surface area contributed by atoms with Crippen molar-refractivity contribution in [2.45, 2.75) is 24.5 Å². The molecule has 1 amide bonds. The number of benzene rings is 1. The number of rotatable bonds is 4. The van der Waals surface area contributed by atoms with Crippen LogP contribution in [0.3, 0.4) is 0 Å². The topological polar surface area (TPSA) is 98.3 Å². The molecule has 0 aliphatic carbocycles. The molecule has 0 saturated carbocycles. The van der Waals surface area contributed by atoms with E-state index in [1.165, 1.54) is 6.42 Å². The van der Waals surface area contributed by atoms with E-state index in [1.54, 1.807) is 11.8 Å². The number of amides is 1. The minimum Gasteiger partial charge on any atom is -0.396 e. The number of anilines is 1. The molecule has 1 aromatic carbocycles. The predicted octanol–water partition coefficient (Wildman–Crippen LogP) is 2.33. The number of nitrogen functional groups attached to an aromatic ring is 1. The fourth-order valence-corrected chi connectivity index (χ4v) is 3.42. The number of halogens is 1. The highest BCUT2D eigenvalue weighted by atomic mass is 32.2. The first-order valence-electron chi connectivity index (χ1n) is 6.62. The summed E-state index contributed by atoms with van der Waals surface area (Å²) in [6.07, 6.45) is 3.31. The number of thioether (sulfide) groups is 1. The molecule has 1 heterocycles. The van der Waals surface area contributed by atoms with Gasteiger partial charge in [0.05, 0.1) is 16.7 Å². The van der Waals surface area contributed by atoms with Gasteiger partial charge in [0.2, 0.25) is 0 Å². The second kappa shape index (κ2) is 6.75. The molecule has 8 heteroatoms. The summed E-state index contributed by atoms with van der Waals surface area (Å²) in [5.41, 5.74) is 4.32. The van der Waals surface area contributed by atoms with Crippen LogP contribution in [0.4, 0.5) is 15.8 Å². The molecule has 114 valence electrons. The van der Waals surface area contributed by atoms with Crippen molar-refractivity contribution < 1.29 is 14.1 Å². The molecule has 1 saturated heterocycles. The molecule has 1 atom stereocenters. The van der Waals surface area contributed by atoms with Crippen molar-refractivity contribution in [1.82, 2.24) is 5.32 Å². The monoisotopic (exact) mass is 313 g/mol. The number of nitrogens with zero attached hydrogens (tertiary/aromatic N) is 1. The number of nitro benzene ring substituents is 1. The molecule has 1 aliphatic heterocycles. The first kappa shape index (κ1) is 15.6. The van der Waals surface area contributed by atoms with E-state index in [2.05, 4.69) is 5.32 Å². The van der Waals surface area contributed by atoms with Crippen LogP contribution in [0, 0.1) is 15.9 Å². The lowest BCUT2D eigenvalue weighted by molar-refractivity contribution is -0.385. The van der Waals surface area contributed by atoms with Gasteiger partial charge in [0, 0.05) is 11.8 Å². The first-order valence-corrected chi connectivity index (χ1v) is 7.67. The molecule has 0 radical (unpaired) electrons. The molecule has 0 aromatic heterocycles. The fourth-order valence-electron chi connectivity index (χ4n) is 2.18. The van der Waals surface area contributed by atoms with Gasteiger partial charge in [0.1, 0.15) is 5.56 Å². The van der Waals surface area contributed by atoms with E-state index in [1.807, 2.05) is 0 Å². The van der Waals surface area contributed by atoms with Gasteiger partial charge in [0.25, 0.3) is 11.6 Å². The Balaban J connectivity index is 2.10. The standard InChI is InChI=1S/C13H16FN3O3S/c14-10-6-12(17(19)20)9(5-11(10)15)13(18)16-7-8-3-1-2-4-21-8/h5-6,8H,1-4,7,15H2,(H,16,18). The van der Waals surface area contributed by atoms with Crippen LogP contribution in [0.2, 0.25) is 0 Å². The van der Waals surface area contributed by atoms with Crippen LogP contribution < -0.4 is 11.1 Å². The highest BCUT2D eigenvalue weighted by Crippen LogP contribution is 2.26. The minimum atomic E-state index is -0.902. The van der Waals surface area contributed by atoms with Crippen LogP contribution >= 0.6 is 11.8 Å². The van der Waals surface area contributed by atoms with Gasteiger partial charge in [-0.05, 0) is 24.7 Å². The largest absolute Gasteiger partial charge is 0.396 e. The fraction of sp³-hybridized carbons (Fsp3) is 0.462. The molecule has 3 N–H and O–H groups in total. The molecule has 1 fully saturated rings. The van der Waals surface area contributed by atoms with Crippen LogP contribution in [0.15, 0.2) is 12.1 Å². The summed E-state index contributed by atoms with van der Waals surface area (Å²) in [5.74, 6) is -0.440. The van der Waals surface area contributed by atoms with Crippen molar-refractivity contribution in [3.8, 4) is 0 Å². The first-order chi connectivity index (χ1) is 9.99. The lowest BCUT2D eigenvalue weighted by atomic mass is 10.1. The third-order valence-corrected chi connectivity index (χ3v) is 4.72. The van der Waals surface area contributed by atoms with E-state index in [0.29, 0.717) is 17.9 Å². The molecule has 1 aromatic rings. The lowest BCUT2D eigenvalue weighted by Crippen LogP contribution is -2.32. The number of nitro groups is 1. The van der Waals surface area contributed by atoms with Crippen LogP contribution in [0.25, 0.3) is 0 Å². The molecule has 6 nitrogen and oxygen atoms in total. The zero-order valence-electron chi connectivity index (χ0n) is 11.3. The van der Waals surface area contributed by atoms with Crippen molar-refractivity contribution >= 4 is 29.0 Å². The van der Waals surface area contributed by atoms with Crippen LogP contribution in [-0.4, -0.2) is 28.4 Å². The van der Waals surface area contributed by atoms with Crippen LogP contribution in [0.1, 0.15) is 29.6 Å². The maximum Gasteiger partial charge on any atom is 0.285 e.